The van der Waals surface area contributed by atoms with E-state index in [9.17, 15) is 13.2 Å². The monoisotopic (exact) mass is 480 g/mol. The van der Waals surface area contributed by atoms with Crippen LogP contribution in [0.2, 0.25) is 0 Å². The zero-order chi connectivity index (χ0) is 23.0. The molecule has 0 aliphatic carbocycles. The molecule has 3 heterocycles. The number of hydrogen-bond donors (Lipinski definition) is 1. The van der Waals surface area contributed by atoms with E-state index in [1.807, 2.05) is 54.8 Å². The molecule has 9 heteroatoms. The first-order chi connectivity index (χ1) is 15.9. The zero-order valence-corrected chi connectivity index (χ0v) is 19.8. The van der Waals surface area contributed by atoms with E-state index in [0.29, 0.717) is 53.7 Å². The third kappa shape index (κ3) is 4.37. The number of rotatable bonds is 5. The van der Waals surface area contributed by atoms with Gasteiger partial charge in [0.15, 0.2) is 0 Å². The minimum atomic E-state index is -3.50. The highest BCUT2D eigenvalue weighted by atomic mass is 32.2. The predicted octanol–water partition coefficient (Wildman–Crippen LogP) is 3.47. The standard InChI is InChI=1S/C24H24N4O3S2/c1-17-7-9-19(10-8-17)33(30,31)28-13-11-27(12-14-28)15-21-25-23(29)22-20(16-32-24(22)26-21)18-5-3-2-4-6-18/h2-10,16H,11-15H2,1H3,(H,25,26,29). The average Bonchev–Trinajstić information content (AvgIpc) is 3.25. The SMILES string of the molecule is Cc1ccc(S(=O)(=O)N2CCN(Cc3nc4scc(-c5ccccc5)c4c(=O)[nH]3)CC2)cc1. The summed E-state index contributed by atoms with van der Waals surface area (Å²) in [6.45, 7) is 4.37. The second kappa shape index (κ2) is 8.83. The number of fused-ring (bicyclic) bond motifs is 1. The van der Waals surface area contributed by atoms with Crippen LogP contribution in [0.5, 0.6) is 0 Å². The largest absolute Gasteiger partial charge is 0.309 e. The van der Waals surface area contributed by atoms with Crippen LogP contribution < -0.4 is 5.56 Å². The third-order valence-electron chi connectivity index (χ3n) is 5.94. The number of aromatic nitrogens is 2. The highest BCUT2D eigenvalue weighted by Gasteiger charge is 2.28. The van der Waals surface area contributed by atoms with Crippen LogP contribution in [0, 0.1) is 6.92 Å². The molecule has 0 radical (unpaired) electrons. The number of benzene rings is 2. The van der Waals surface area contributed by atoms with Gasteiger partial charge in [0.1, 0.15) is 10.7 Å². The lowest BCUT2D eigenvalue weighted by atomic mass is 10.1. The maximum atomic E-state index is 12.9. The lowest BCUT2D eigenvalue weighted by Gasteiger charge is -2.33. The molecule has 0 bridgehead atoms. The molecule has 2 aromatic carbocycles. The summed E-state index contributed by atoms with van der Waals surface area (Å²) in [5.41, 5.74) is 2.77. The topological polar surface area (TPSA) is 86.4 Å². The van der Waals surface area contributed by atoms with E-state index in [0.717, 1.165) is 16.7 Å². The van der Waals surface area contributed by atoms with Crippen LogP contribution in [0.1, 0.15) is 11.4 Å². The molecule has 0 unspecified atom stereocenters. The molecule has 0 saturated carbocycles. The van der Waals surface area contributed by atoms with E-state index >= 15 is 0 Å². The molecule has 1 fully saturated rings. The third-order valence-corrected chi connectivity index (χ3v) is 8.73. The molecule has 4 aromatic rings. The van der Waals surface area contributed by atoms with Crippen LogP contribution in [0.4, 0.5) is 0 Å². The zero-order valence-electron chi connectivity index (χ0n) is 18.2. The molecule has 170 valence electrons. The van der Waals surface area contributed by atoms with E-state index in [1.165, 1.54) is 15.6 Å². The predicted molar refractivity (Wildman–Crippen MR) is 131 cm³/mol. The Hall–Kier alpha value is -2.85. The second-order valence-corrected chi connectivity index (χ2v) is 11.0. The molecule has 33 heavy (non-hydrogen) atoms. The van der Waals surface area contributed by atoms with Crippen molar-refractivity contribution >= 4 is 31.6 Å². The van der Waals surface area contributed by atoms with Crippen LogP contribution in [-0.2, 0) is 16.6 Å². The normalized spacial score (nSPS) is 15.8. The van der Waals surface area contributed by atoms with Crippen molar-refractivity contribution in [2.24, 2.45) is 0 Å². The molecule has 1 aliphatic rings. The smallest absolute Gasteiger partial charge is 0.260 e. The number of aromatic amines is 1. The summed E-state index contributed by atoms with van der Waals surface area (Å²) in [6, 6.07) is 16.8. The molecule has 1 aliphatic heterocycles. The van der Waals surface area contributed by atoms with Gasteiger partial charge in [0, 0.05) is 37.1 Å². The van der Waals surface area contributed by atoms with Crippen LogP contribution >= 0.6 is 11.3 Å². The first kappa shape index (κ1) is 22.0. The highest BCUT2D eigenvalue weighted by molar-refractivity contribution is 7.89. The highest BCUT2D eigenvalue weighted by Crippen LogP contribution is 2.30. The molecule has 0 atom stereocenters. The van der Waals surface area contributed by atoms with Crippen molar-refractivity contribution in [2.45, 2.75) is 18.4 Å². The summed E-state index contributed by atoms with van der Waals surface area (Å²) in [6.07, 6.45) is 0. The summed E-state index contributed by atoms with van der Waals surface area (Å²) in [7, 11) is -3.50. The summed E-state index contributed by atoms with van der Waals surface area (Å²) in [5.74, 6) is 0.601. The van der Waals surface area contributed by atoms with Gasteiger partial charge in [0.25, 0.3) is 5.56 Å². The van der Waals surface area contributed by atoms with Gasteiger partial charge in [-0.05, 0) is 24.6 Å². The minimum absolute atomic E-state index is 0.143. The Morgan fingerprint density at radius 2 is 1.70 bits per heavy atom. The summed E-state index contributed by atoms with van der Waals surface area (Å²) in [4.78, 5) is 23.7. The van der Waals surface area contributed by atoms with Gasteiger partial charge >= 0.3 is 0 Å². The van der Waals surface area contributed by atoms with Crippen LogP contribution in [0.25, 0.3) is 21.3 Å². The first-order valence-electron chi connectivity index (χ1n) is 10.8. The van der Waals surface area contributed by atoms with Gasteiger partial charge in [-0.3, -0.25) is 9.69 Å². The quantitative estimate of drug-likeness (QED) is 0.473. The molecule has 1 N–H and O–H groups in total. The van der Waals surface area contributed by atoms with E-state index in [2.05, 4.69) is 14.9 Å². The van der Waals surface area contributed by atoms with Crippen molar-refractivity contribution in [1.29, 1.82) is 0 Å². The van der Waals surface area contributed by atoms with Crippen LogP contribution in [0.15, 0.2) is 69.7 Å². The van der Waals surface area contributed by atoms with Gasteiger partial charge in [-0.15, -0.1) is 11.3 Å². The Kier molecular flexibility index (Phi) is 5.88. The Morgan fingerprint density at radius 3 is 2.39 bits per heavy atom. The fraction of sp³-hybridized carbons (Fsp3) is 0.250. The van der Waals surface area contributed by atoms with Gasteiger partial charge in [-0.1, -0.05) is 48.0 Å². The van der Waals surface area contributed by atoms with Crippen molar-refractivity contribution in [3.63, 3.8) is 0 Å². The van der Waals surface area contributed by atoms with Crippen molar-refractivity contribution in [1.82, 2.24) is 19.2 Å². The van der Waals surface area contributed by atoms with Gasteiger partial charge in [0.2, 0.25) is 10.0 Å². The van der Waals surface area contributed by atoms with Crippen molar-refractivity contribution in [2.75, 3.05) is 26.2 Å². The lowest BCUT2D eigenvalue weighted by Crippen LogP contribution is -2.48. The van der Waals surface area contributed by atoms with Crippen molar-refractivity contribution in [3.05, 3.63) is 81.7 Å². The molecule has 0 spiro atoms. The summed E-state index contributed by atoms with van der Waals surface area (Å²) in [5, 5.41) is 2.59. The van der Waals surface area contributed by atoms with E-state index < -0.39 is 10.0 Å². The molecular formula is C24H24N4O3S2. The van der Waals surface area contributed by atoms with E-state index in [4.69, 9.17) is 0 Å². The number of nitrogens with one attached hydrogen (secondary N) is 1. The number of H-pyrrole nitrogens is 1. The number of nitrogens with zero attached hydrogens (tertiary/aromatic N) is 3. The fourth-order valence-corrected chi connectivity index (χ4v) is 6.49. The van der Waals surface area contributed by atoms with Gasteiger partial charge in [-0.25, -0.2) is 13.4 Å². The molecule has 5 rings (SSSR count). The number of hydrogen-bond acceptors (Lipinski definition) is 6. The number of sulfonamides is 1. The number of piperazine rings is 1. The van der Waals surface area contributed by atoms with Gasteiger partial charge in [-0.2, -0.15) is 4.31 Å². The molecule has 0 amide bonds. The Labute approximate surface area is 196 Å². The van der Waals surface area contributed by atoms with E-state index in [1.54, 1.807) is 12.1 Å². The second-order valence-electron chi connectivity index (χ2n) is 8.20. The number of aryl methyl sites for hydroxylation is 1. The number of thiophene rings is 1. The van der Waals surface area contributed by atoms with Gasteiger partial charge < -0.3 is 4.98 Å². The Bertz CT molecular complexity index is 1440. The lowest BCUT2D eigenvalue weighted by molar-refractivity contribution is 0.178. The Balaban J connectivity index is 1.30. The summed E-state index contributed by atoms with van der Waals surface area (Å²) >= 11 is 1.46. The average molecular weight is 481 g/mol. The first-order valence-corrected chi connectivity index (χ1v) is 13.1. The maximum absolute atomic E-state index is 12.9. The van der Waals surface area contributed by atoms with Crippen molar-refractivity contribution in [3.8, 4) is 11.1 Å². The minimum Gasteiger partial charge on any atom is -0.309 e. The van der Waals surface area contributed by atoms with E-state index in [-0.39, 0.29) is 5.56 Å². The maximum Gasteiger partial charge on any atom is 0.260 e. The fourth-order valence-electron chi connectivity index (χ4n) is 4.10. The molecule has 7 nitrogen and oxygen atoms in total. The van der Waals surface area contributed by atoms with Gasteiger partial charge in [0.05, 0.1) is 16.8 Å². The van der Waals surface area contributed by atoms with Crippen LogP contribution in [-0.4, -0.2) is 53.8 Å². The molecule has 2 aromatic heterocycles. The molecule has 1 saturated heterocycles. The van der Waals surface area contributed by atoms with Crippen LogP contribution in [0.3, 0.4) is 0 Å². The summed E-state index contributed by atoms with van der Waals surface area (Å²) < 4.78 is 27.4. The molecular weight excluding hydrogens is 456 g/mol. The Morgan fingerprint density at radius 1 is 1.00 bits per heavy atom. The van der Waals surface area contributed by atoms with Crippen molar-refractivity contribution < 1.29 is 8.42 Å².